The van der Waals surface area contributed by atoms with E-state index in [0.717, 1.165) is 12.4 Å². The van der Waals surface area contributed by atoms with Gasteiger partial charge in [-0.3, -0.25) is 4.79 Å². The molecule has 5 nitrogen and oxygen atoms in total. The number of carbonyl (C=O) groups excluding carboxylic acids is 1. The minimum Gasteiger partial charge on any atom is -0.387 e. The molecule has 25 heavy (non-hydrogen) atoms. The number of piperazine rings is 1. The molecule has 0 saturated carbocycles. The van der Waals surface area contributed by atoms with E-state index in [1.165, 1.54) is 16.7 Å². The maximum atomic E-state index is 12.6. The van der Waals surface area contributed by atoms with E-state index in [1.807, 2.05) is 21.9 Å². The summed E-state index contributed by atoms with van der Waals surface area (Å²) >= 11 is 0. The van der Waals surface area contributed by atoms with E-state index in [0.29, 0.717) is 25.3 Å². The predicted octanol–water partition coefficient (Wildman–Crippen LogP) is 2.60. The zero-order valence-corrected chi connectivity index (χ0v) is 15.1. The predicted molar refractivity (Wildman–Crippen MR) is 98.4 cm³/mol. The van der Waals surface area contributed by atoms with Crippen molar-refractivity contribution in [1.82, 2.24) is 9.88 Å². The Labute approximate surface area is 148 Å². The molecule has 1 aromatic heterocycles. The molecule has 0 unspecified atom stereocenters. The summed E-state index contributed by atoms with van der Waals surface area (Å²) in [5, 5.41) is 9.69. The first-order chi connectivity index (χ1) is 11.9. The van der Waals surface area contributed by atoms with Gasteiger partial charge in [-0.1, -0.05) is 35.4 Å². The van der Waals surface area contributed by atoms with Crippen LogP contribution in [-0.4, -0.2) is 40.5 Å². The van der Waals surface area contributed by atoms with Crippen LogP contribution in [0.5, 0.6) is 0 Å². The zero-order chi connectivity index (χ0) is 18.0. The number of carbonyl (C=O) groups is 1. The Morgan fingerprint density at radius 3 is 2.52 bits per heavy atom. The monoisotopic (exact) mass is 339 g/mol. The van der Waals surface area contributed by atoms with Crippen LogP contribution in [0.2, 0.25) is 0 Å². The van der Waals surface area contributed by atoms with Crippen molar-refractivity contribution in [3.05, 3.63) is 58.8 Å². The van der Waals surface area contributed by atoms with E-state index in [2.05, 4.69) is 37.0 Å². The number of aliphatic hydroxyl groups is 1. The van der Waals surface area contributed by atoms with Gasteiger partial charge < -0.3 is 14.9 Å². The van der Waals surface area contributed by atoms with Gasteiger partial charge in [0.1, 0.15) is 5.82 Å². The molecule has 3 rings (SSSR count). The van der Waals surface area contributed by atoms with Gasteiger partial charge in [-0.05, 0) is 38.5 Å². The van der Waals surface area contributed by atoms with Crippen LogP contribution in [0.1, 0.15) is 35.4 Å². The fourth-order valence-electron chi connectivity index (χ4n) is 3.30. The minimum absolute atomic E-state index is 0.106. The van der Waals surface area contributed by atoms with Crippen LogP contribution < -0.4 is 4.90 Å². The van der Waals surface area contributed by atoms with Crippen LogP contribution in [0.3, 0.4) is 0 Å². The molecule has 1 aromatic carbocycles. The Morgan fingerprint density at radius 1 is 1.16 bits per heavy atom. The number of benzene rings is 1. The standard InChI is InChI=1S/C20H25N3O2/c1-14-9-15(2)11-17(10-14)12-23-8-7-22(13-20(23)25)19-6-4-5-18(21-19)16(3)24/h4-6,9-11,16,24H,7-8,12-13H2,1-3H3/t16-/m1/s1. The van der Waals surface area contributed by atoms with Gasteiger partial charge in [0, 0.05) is 19.6 Å². The summed E-state index contributed by atoms with van der Waals surface area (Å²) in [5.74, 6) is 0.854. The van der Waals surface area contributed by atoms with E-state index in [4.69, 9.17) is 0 Å². The molecule has 0 radical (unpaired) electrons. The van der Waals surface area contributed by atoms with Crippen molar-refractivity contribution < 1.29 is 9.90 Å². The topological polar surface area (TPSA) is 56.7 Å². The number of hydrogen-bond acceptors (Lipinski definition) is 4. The maximum absolute atomic E-state index is 12.6. The molecule has 1 amide bonds. The molecule has 0 bridgehead atoms. The molecule has 0 spiro atoms. The Morgan fingerprint density at radius 2 is 1.88 bits per heavy atom. The number of amides is 1. The Balaban J connectivity index is 1.68. The third kappa shape index (κ3) is 4.17. The molecule has 2 aromatic rings. The fraction of sp³-hybridized carbons (Fsp3) is 0.400. The lowest BCUT2D eigenvalue weighted by atomic mass is 10.1. The first kappa shape index (κ1) is 17.4. The number of aromatic nitrogens is 1. The van der Waals surface area contributed by atoms with Crippen molar-refractivity contribution in [1.29, 1.82) is 0 Å². The zero-order valence-electron chi connectivity index (χ0n) is 15.1. The summed E-state index contributed by atoms with van der Waals surface area (Å²) in [7, 11) is 0. The van der Waals surface area contributed by atoms with E-state index < -0.39 is 6.10 Å². The van der Waals surface area contributed by atoms with Gasteiger partial charge in [0.25, 0.3) is 0 Å². The number of pyridine rings is 1. The summed E-state index contributed by atoms with van der Waals surface area (Å²) in [5.41, 5.74) is 4.25. The Kier molecular flexibility index (Phi) is 5.04. The molecule has 1 saturated heterocycles. The average Bonchev–Trinajstić information content (AvgIpc) is 2.56. The first-order valence-corrected chi connectivity index (χ1v) is 8.67. The molecule has 0 aliphatic carbocycles. The van der Waals surface area contributed by atoms with Crippen molar-refractivity contribution in [3.63, 3.8) is 0 Å². The lowest BCUT2D eigenvalue weighted by Crippen LogP contribution is -2.50. The van der Waals surface area contributed by atoms with Gasteiger partial charge >= 0.3 is 0 Å². The van der Waals surface area contributed by atoms with Crippen molar-refractivity contribution in [2.75, 3.05) is 24.5 Å². The molecule has 132 valence electrons. The summed E-state index contributed by atoms with van der Waals surface area (Å²) in [6.45, 7) is 8.24. The molecular weight excluding hydrogens is 314 g/mol. The number of rotatable bonds is 4. The summed E-state index contributed by atoms with van der Waals surface area (Å²) < 4.78 is 0. The highest BCUT2D eigenvalue weighted by atomic mass is 16.3. The normalized spacial score (nSPS) is 16.2. The van der Waals surface area contributed by atoms with Gasteiger partial charge in [0.05, 0.1) is 18.3 Å². The quantitative estimate of drug-likeness (QED) is 0.930. The van der Waals surface area contributed by atoms with Gasteiger partial charge in [0.2, 0.25) is 5.91 Å². The number of hydrogen-bond donors (Lipinski definition) is 1. The molecule has 1 aliphatic rings. The molecule has 1 N–H and O–H groups in total. The summed E-state index contributed by atoms with van der Waals surface area (Å²) in [6, 6.07) is 12.0. The third-order valence-corrected chi connectivity index (χ3v) is 4.48. The van der Waals surface area contributed by atoms with Gasteiger partial charge in [-0.15, -0.1) is 0 Å². The molecule has 1 atom stereocenters. The fourth-order valence-corrected chi connectivity index (χ4v) is 3.30. The molecule has 1 fully saturated rings. The first-order valence-electron chi connectivity index (χ1n) is 8.67. The highest BCUT2D eigenvalue weighted by molar-refractivity contribution is 5.82. The van der Waals surface area contributed by atoms with Crippen LogP contribution in [0, 0.1) is 13.8 Å². The van der Waals surface area contributed by atoms with E-state index in [1.54, 1.807) is 13.0 Å². The van der Waals surface area contributed by atoms with Crippen LogP contribution in [-0.2, 0) is 11.3 Å². The second-order valence-electron chi connectivity index (χ2n) is 6.83. The van der Waals surface area contributed by atoms with Gasteiger partial charge in [0.15, 0.2) is 0 Å². The third-order valence-electron chi connectivity index (χ3n) is 4.48. The summed E-state index contributed by atoms with van der Waals surface area (Å²) in [4.78, 5) is 20.9. The number of aliphatic hydroxyl groups excluding tert-OH is 1. The number of anilines is 1. The summed E-state index contributed by atoms with van der Waals surface area (Å²) in [6.07, 6.45) is -0.610. The van der Waals surface area contributed by atoms with Crippen LogP contribution in [0.4, 0.5) is 5.82 Å². The second kappa shape index (κ2) is 7.23. The van der Waals surface area contributed by atoms with Gasteiger partial charge in [-0.25, -0.2) is 4.98 Å². The lowest BCUT2D eigenvalue weighted by Gasteiger charge is -2.35. The Bertz CT molecular complexity index is 753. The van der Waals surface area contributed by atoms with Crippen molar-refractivity contribution >= 4 is 11.7 Å². The highest BCUT2D eigenvalue weighted by Gasteiger charge is 2.25. The Hall–Kier alpha value is -2.40. The number of aryl methyl sites for hydroxylation is 2. The van der Waals surface area contributed by atoms with Crippen molar-refractivity contribution in [2.24, 2.45) is 0 Å². The maximum Gasteiger partial charge on any atom is 0.242 e. The molecular formula is C20H25N3O2. The van der Waals surface area contributed by atoms with Crippen LogP contribution in [0.15, 0.2) is 36.4 Å². The van der Waals surface area contributed by atoms with Crippen molar-refractivity contribution in [2.45, 2.75) is 33.4 Å². The molecule has 2 heterocycles. The smallest absolute Gasteiger partial charge is 0.242 e. The van der Waals surface area contributed by atoms with E-state index in [-0.39, 0.29) is 5.91 Å². The SMILES string of the molecule is Cc1cc(C)cc(CN2CCN(c3cccc([C@@H](C)O)n3)CC2=O)c1. The largest absolute Gasteiger partial charge is 0.387 e. The second-order valence-corrected chi connectivity index (χ2v) is 6.83. The van der Waals surface area contributed by atoms with E-state index in [9.17, 15) is 9.90 Å². The van der Waals surface area contributed by atoms with Crippen molar-refractivity contribution in [3.8, 4) is 0 Å². The highest BCUT2D eigenvalue weighted by Crippen LogP contribution is 2.19. The average molecular weight is 339 g/mol. The minimum atomic E-state index is -0.610. The molecule has 5 heteroatoms. The van der Waals surface area contributed by atoms with Crippen LogP contribution >= 0.6 is 0 Å². The molecule has 1 aliphatic heterocycles. The van der Waals surface area contributed by atoms with Gasteiger partial charge in [-0.2, -0.15) is 0 Å². The lowest BCUT2D eigenvalue weighted by molar-refractivity contribution is -0.131. The van der Waals surface area contributed by atoms with E-state index >= 15 is 0 Å². The van der Waals surface area contributed by atoms with Crippen LogP contribution in [0.25, 0.3) is 0 Å². The number of nitrogens with zero attached hydrogens (tertiary/aromatic N) is 3.